The van der Waals surface area contributed by atoms with Crippen LogP contribution in [0.5, 0.6) is 0 Å². The van der Waals surface area contributed by atoms with Crippen molar-refractivity contribution in [2.24, 2.45) is 0 Å². The van der Waals surface area contributed by atoms with E-state index in [-0.39, 0.29) is 17.4 Å². The van der Waals surface area contributed by atoms with Crippen LogP contribution in [0.1, 0.15) is 28.6 Å². The summed E-state index contributed by atoms with van der Waals surface area (Å²) in [5.74, 6) is -1.21. The van der Waals surface area contributed by atoms with Crippen molar-refractivity contribution in [3.8, 4) is 0 Å². The Kier molecular flexibility index (Phi) is 7.02. The van der Waals surface area contributed by atoms with Crippen LogP contribution in [0.3, 0.4) is 0 Å². The Hall–Kier alpha value is -3.68. The zero-order chi connectivity index (χ0) is 22.4. The summed E-state index contributed by atoms with van der Waals surface area (Å²) in [6, 6.07) is 11.1. The largest absolute Gasteiger partial charge is 0.469 e. The van der Waals surface area contributed by atoms with Crippen molar-refractivity contribution in [3.63, 3.8) is 0 Å². The second-order valence-corrected chi connectivity index (χ2v) is 7.07. The normalized spacial score (nSPS) is 11.6. The summed E-state index contributed by atoms with van der Waals surface area (Å²) in [6.07, 6.45) is 1.95. The van der Waals surface area contributed by atoms with Crippen molar-refractivity contribution in [1.82, 2.24) is 5.32 Å². The molecule has 3 aromatic rings. The highest BCUT2D eigenvalue weighted by molar-refractivity contribution is 6.05. The highest BCUT2D eigenvalue weighted by Gasteiger charge is 2.16. The predicted molar refractivity (Wildman–Crippen MR) is 114 cm³/mol. The number of halogens is 2. The van der Waals surface area contributed by atoms with Gasteiger partial charge in [0, 0.05) is 12.2 Å². The second kappa shape index (κ2) is 9.88. The molecule has 1 aromatic heterocycles. The minimum absolute atomic E-state index is 0.0143. The number of furan rings is 1. The summed E-state index contributed by atoms with van der Waals surface area (Å²) in [5.41, 5.74) is 1.68. The van der Waals surface area contributed by atoms with Gasteiger partial charge in [-0.15, -0.1) is 0 Å². The molecule has 0 fully saturated rings. The van der Waals surface area contributed by atoms with Crippen LogP contribution >= 0.6 is 0 Å². The predicted octanol–water partition coefficient (Wildman–Crippen LogP) is 4.28. The highest BCUT2D eigenvalue weighted by Crippen LogP contribution is 2.22. The maximum absolute atomic E-state index is 14.2. The van der Waals surface area contributed by atoms with E-state index in [9.17, 15) is 18.4 Å². The lowest BCUT2D eigenvalue weighted by atomic mass is 10.1. The molecule has 0 bridgehead atoms. The van der Waals surface area contributed by atoms with Gasteiger partial charge in [0.05, 0.1) is 17.5 Å². The van der Waals surface area contributed by atoms with Gasteiger partial charge in [-0.1, -0.05) is 12.1 Å². The summed E-state index contributed by atoms with van der Waals surface area (Å²) in [6.45, 7) is 3.70. The van der Waals surface area contributed by atoms with Crippen molar-refractivity contribution in [3.05, 3.63) is 83.3 Å². The Morgan fingerprint density at radius 2 is 1.81 bits per heavy atom. The molecule has 162 valence electrons. The molecule has 0 saturated carbocycles. The van der Waals surface area contributed by atoms with Gasteiger partial charge in [-0.2, -0.15) is 0 Å². The number of rotatable bonds is 8. The van der Waals surface area contributed by atoms with Crippen molar-refractivity contribution in [1.29, 1.82) is 0 Å². The Bertz CT molecular complexity index is 1060. The van der Waals surface area contributed by atoms with E-state index in [0.29, 0.717) is 30.0 Å². The third-order valence-corrected chi connectivity index (χ3v) is 4.72. The molecule has 3 rings (SSSR count). The van der Waals surface area contributed by atoms with E-state index in [4.69, 9.17) is 4.42 Å². The first-order valence-electron chi connectivity index (χ1n) is 9.77. The third kappa shape index (κ3) is 5.91. The first kappa shape index (κ1) is 22.0. The number of hydrogen-bond donors (Lipinski definition) is 3. The van der Waals surface area contributed by atoms with Crippen LogP contribution in [0.25, 0.3) is 0 Å². The van der Waals surface area contributed by atoms with E-state index in [0.717, 1.165) is 5.56 Å². The van der Waals surface area contributed by atoms with Gasteiger partial charge in [0.25, 0.3) is 5.91 Å². The maximum Gasteiger partial charge on any atom is 0.259 e. The smallest absolute Gasteiger partial charge is 0.259 e. The molecule has 0 saturated heterocycles. The van der Waals surface area contributed by atoms with Gasteiger partial charge < -0.3 is 20.4 Å². The number of hydrogen-bond acceptors (Lipinski definition) is 4. The van der Waals surface area contributed by atoms with E-state index in [1.54, 1.807) is 26.0 Å². The van der Waals surface area contributed by atoms with Gasteiger partial charge in [0.2, 0.25) is 5.91 Å². The number of anilines is 2. The average Bonchev–Trinajstić information content (AvgIpc) is 3.17. The van der Waals surface area contributed by atoms with Gasteiger partial charge in [-0.25, -0.2) is 8.78 Å². The third-order valence-electron chi connectivity index (χ3n) is 4.72. The lowest BCUT2D eigenvalue weighted by Crippen LogP contribution is -2.38. The molecule has 3 N–H and O–H groups in total. The van der Waals surface area contributed by atoms with Crippen LogP contribution in [0, 0.1) is 18.6 Å². The molecule has 0 aliphatic rings. The van der Waals surface area contributed by atoms with Crippen LogP contribution in [0.15, 0.2) is 59.2 Å². The molecule has 0 spiro atoms. The minimum Gasteiger partial charge on any atom is -0.469 e. The van der Waals surface area contributed by atoms with E-state index < -0.39 is 17.8 Å². The lowest BCUT2D eigenvalue weighted by molar-refractivity contribution is -0.121. The Morgan fingerprint density at radius 1 is 1.06 bits per heavy atom. The van der Waals surface area contributed by atoms with Crippen LogP contribution in [0.2, 0.25) is 0 Å². The molecule has 6 nitrogen and oxygen atoms in total. The van der Waals surface area contributed by atoms with Gasteiger partial charge in [-0.3, -0.25) is 9.59 Å². The van der Waals surface area contributed by atoms with Crippen LogP contribution < -0.4 is 16.0 Å². The highest BCUT2D eigenvalue weighted by atomic mass is 19.1. The number of aryl methyl sites for hydroxylation is 1. The van der Waals surface area contributed by atoms with Gasteiger partial charge in [-0.05, 0) is 62.2 Å². The molecule has 8 heteroatoms. The van der Waals surface area contributed by atoms with Crippen LogP contribution in [-0.4, -0.2) is 24.4 Å². The lowest BCUT2D eigenvalue weighted by Gasteiger charge is -2.16. The first-order valence-corrected chi connectivity index (χ1v) is 9.77. The van der Waals surface area contributed by atoms with Crippen molar-refractivity contribution < 1.29 is 22.8 Å². The average molecular weight is 427 g/mol. The minimum atomic E-state index is -0.601. The quantitative estimate of drug-likeness (QED) is 0.501. The molecule has 0 aliphatic heterocycles. The fourth-order valence-corrected chi connectivity index (χ4v) is 2.97. The topological polar surface area (TPSA) is 83.4 Å². The monoisotopic (exact) mass is 427 g/mol. The second-order valence-electron chi connectivity index (χ2n) is 7.07. The summed E-state index contributed by atoms with van der Waals surface area (Å²) < 4.78 is 32.2. The molecule has 0 radical (unpaired) electrons. The number of nitrogens with one attached hydrogen (secondary N) is 3. The standard InChI is InChI=1S/C23H23F2N3O3/c1-14(22(29)26-11-9-16-3-5-17(24)6-4-16)27-18-7-8-20(25)21(13-18)28-23(30)19-10-12-31-15(19)2/h3-8,10,12-14,27H,9,11H2,1-2H3,(H,26,29)(H,28,30). The van der Waals surface area contributed by atoms with Gasteiger partial charge in [0.15, 0.2) is 0 Å². The molecule has 0 aliphatic carbocycles. The number of carbonyl (C=O) groups is 2. The number of amides is 2. The molecular formula is C23H23F2N3O3. The van der Waals surface area contributed by atoms with Gasteiger partial charge in [0.1, 0.15) is 23.4 Å². The van der Waals surface area contributed by atoms with Gasteiger partial charge >= 0.3 is 0 Å². The fourth-order valence-electron chi connectivity index (χ4n) is 2.97. The molecule has 1 atom stereocenters. The molecule has 2 amide bonds. The van der Waals surface area contributed by atoms with Crippen molar-refractivity contribution >= 4 is 23.2 Å². The van der Waals surface area contributed by atoms with Crippen LogP contribution in [0.4, 0.5) is 20.2 Å². The summed E-state index contributed by atoms with van der Waals surface area (Å²) in [5, 5.41) is 8.30. The zero-order valence-electron chi connectivity index (χ0n) is 17.2. The first-order chi connectivity index (χ1) is 14.8. The Labute approximate surface area is 178 Å². The zero-order valence-corrected chi connectivity index (χ0v) is 17.2. The maximum atomic E-state index is 14.2. The van der Waals surface area contributed by atoms with Crippen molar-refractivity contribution in [2.45, 2.75) is 26.3 Å². The van der Waals surface area contributed by atoms with E-state index >= 15 is 0 Å². The number of carbonyl (C=O) groups excluding carboxylic acids is 2. The Morgan fingerprint density at radius 3 is 2.48 bits per heavy atom. The fraction of sp³-hybridized carbons (Fsp3) is 0.217. The molecule has 1 unspecified atom stereocenters. The summed E-state index contributed by atoms with van der Waals surface area (Å²) in [7, 11) is 0. The number of benzene rings is 2. The summed E-state index contributed by atoms with van der Waals surface area (Å²) >= 11 is 0. The van der Waals surface area contributed by atoms with E-state index in [1.165, 1.54) is 42.7 Å². The van der Waals surface area contributed by atoms with Crippen LogP contribution in [-0.2, 0) is 11.2 Å². The molecular weight excluding hydrogens is 404 g/mol. The SMILES string of the molecule is Cc1occc1C(=O)Nc1cc(NC(C)C(=O)NCCc2ccc(F)cc2)ccc1F. The summed E-state index contributed by atoms with van der Waals surface area (Å²) in [4.78, 5) is 24.6. The molecule has 31 heavy (non-hydrogen) atoms. The van der Waals surface area contributed by atoms with Crippen molar-refractivity contribution in [2.75, 3.05) is 17.2 Å². The van der Waals surface area contributed by atoms with E-state index in [1.807, 2.05) is 0 Å². The molecule has 2 aromatic carbocycles. The van der Waals surface area contributed by atoms with E-state index in [2.05, 4.69) is 16.0 Å². The molecule has 1 heterocycles. The Balaban J connectivity index is 1.55.